The number of aryl methyl sites for hydroxylation is 1. The molecule has 162 valence electrons. The molecule has 0 radical (unpaired) electrons. The van der Waals surface area contributed by atoms with Crippen LogP contribution in [0.1, 0.15) is 62.7 Å². The summed E-state index contributed by atoms with van der Waals surface area (Å²) in [4.78, 5) is 0. The standard InChI is InChI=1S/C26H35NO2S/c1-19(30-2)16-17-27-22-9-11-23(12-10-22)28-24-13-15-26-21(18-24)8-14-25(29-26)20-6-4-3-5-7-20/h3-7,13,15,18-19,22-23,25,27H,8-12,14,16-17H2,1-2H3/t19?,22-,23-,25?. The predicted molar refractivity (Wildman–Crippen MR) is 127 cm³/mol. The van der Waals surface area contributed by atoms with Gasteiger partial charge in [0.1, 0.15) is 17.6 Å². The van der Waals surface area contributed by atoms with Gasteiger partial charge in [-0.05, 0) is 87.1 Å². The van der Waals surface area contributed by atoms with Crippen molar-refractivity contribution in [3.05, 3.63) is 59.7 Å². The summed E-state index contributed by atoms with van der Waals surface area (Å²) in [5, 5.41) is 4.49. The topological polar surface area (TPSA) is 30.5 Å². The molecular formula is C26H35NO2S. The lowest BCUT2D eigenvalue weighted by molar-refractivity contribution is 0.138. The summed E-state index contributed by atoms with van der Waals surface area (Å²) in [6.45, 7) is 3.44. The van der Waals surface area contributed by atoms with Gasteiger partial charge in [0.05, 0.1) is 6.10 Å². The van der Waals surface area contributed by atoms with Crippen LogP contribution in [0, 0.1) is 0 Å². The Morgan fingerprint density at radius 2 is 1.87 bits per heavy atom. The number of hydrogen-bond acceptors (Lipinski definition) is 4. The minimum atomic E-state index is 0.159. The van der Waals surface area contributed by atoms with Crippen LogP contribution in [0.4, 0.5) is 0 Å². The Bertz CT molecular complexity index is 789. The third-order valence-corrected chi connectivity index (χ3v) is 7.55. The Morgan fingerprint density at radius 3 is 2.63 bits per heavy atom. The molecule has 1 fully saturated rings. The van der Waals surface area contributed by atoms with Crippen molar-refractivity contribution in [1.29, 1.82) is 0 Å². The highest BCUT2D eigenvalue weighted by Gasteiger charge is 2.24. The molecule has 2 aromatic carbocycles. The second-order valence-corrected chi connectivity index (χ2v) is 9.98. The van der Waals surface area contributed by atoms with Gasteiger partial charge in [0.15, 0.2) is 0 Å². The maximum Gasteiger partial charge on any atom is 0.124 e. The molecule has 30 heavy (non-hydrogen) atoms. The summed E-state index contributed by atoms with van der Waals surface area (Å²) < 4.78 is 12.6. The third-order valence-electron chi connectivity index (χ3n) is 6.51. The highest BCUT2D eigenvalue weighted by molar-refractivity contribution is 7.99. The van der Waals surface area contributed by atoms with Gasteiger partial charge < -0.3 is 14.8 Å². The molecule has 4 rings (SSSR count). The number of ether oxygens (including phenoxy) is 2. The molecule has 3 nitrogen and oxygen atoms in total. The summed E-state index contributed by atoms with van der Waals surface area (Å²) in [7, 11) is 0. The first-order chi connectivity index (χ1) is 14.7. The smallest absolute Gasteiger partial charge is 0.124 e. The van der Waals surface area contributed by atoms with Gasteiger partial charge in [-0.15, -0.1) is 0 Å². The second-order valence-electron chi connectivity index (χ2n) is 8.71. The van der Waals surface area contributed by atoms with Crippen LogP contribution in [-0.2, 0) is 6.42 Å². The minimum absolute atomic E-state index is 0.159. The van der Waals surface area contributed by atoms with E-state index in [0.717, 1.165) is 49.0 Å². The van der Waals surface area contributed by atoms with E-state index in [1.54, 1.807) is 0 Å². The van der Waals surface area contributed by atoms with E-state index in [0.29, 0.717) is 12.1 Å². The van der Waals surface area contributed by atoms with Gasteiger partial charge >= 0.3 is 0 Å². The first-order valence-electron chi connectivity index (χ1n) is 11.5. The van der Waals surface area contributed by atoms with Crippen molar-refractivity contribution < 1.29 is 9.47 Å². The van der Waals surface area contributed by atoms with E-state index in [9.17, 15) is 0 Å². The molecule has 1 heterocycles. The molecule has 4 heteroatoms. The average molecular weight is 426 g/mol. The molecule has 1 aliphatic heterocycles. The number of hydrogen-bond donors (Lipinski definition) is 1. The Morgan fingerprint density at radius 1 is 1.07 bits per heavy atom. The Kier molecular flexibility index (Phi) is 7.62. The van der Waals surface area contributed by atoms with Gasteiger partial charge in [0.2, 0.25) is 0 Å². The fourth-order valence-electron chi connectivity index (χ4n) is 4.53. The van der Waals surface area contributed by atoms with Crippen molar-refractivity contribution in [2.45, 2.75) is 75.4 Å². The lowest BCUT2D eigenvalue weighted by atomic mass is 9.92. The highest BCUT2D eigenvalue weighted by atomic mass is 32.2. The molecule has 2 atom stereocenters. The van der Waals surface area contributed by atoms with Gasteiger partial charge in [0, 0.05) is 11.3 Å². The molecule has 2 aliphatic rings. The van der Waals surface area contributed by atoms with Crippen LogP contribution in [0.3, 0.4) is 0 Å². The number of rotatable bonds is 8. The van der Waals surface area contributed by atoms with Crippen molar-refractivity contribution in [2.75, 3.05) is 12.8 Å². The van der Waals surface area contributed by atoms with E-state index in [1.165, 1.54) is 30.4 Å². The monoisotopic (exact) mass is 425 g/mol. The fraction of sp³-hybridized carbons (Fsp3) is 0.538. The van der Waals surface area contributed by atoms with Crippen molar-refractivity contribution in [3.8, 4) is 11.5 Å². The number of fused-ring (bicyclic) bond motifs is 1. The zero-order chi connectivity index (χ0) is 20.8. The Balaban J connectivity index is 1.25. The molecule has 0 aromatic heterocycles. The molecule has 1 aliphatic carbocycles. The predicted octanol–water partition coefficient (Wildman–Crippen LogP) is 6.17. The molecule has 0 bridgehead atoms. The van der Waals surface area contributed by atoms with Gasteiger partial charge in [-0.1, -0.05) is 37.3 Å². The lowest BCUT2D eigenvalue weighted by Gasteiger charge is -2.31. The maximum absolute atomic E-state index is 6.35. The van der Waals surface area contributed by atoms with Crippen LogP contribution in [0.5, 0.6) is 11.5 Å². The summed E-state index contributed by atoms with van der Waals surface area (Å²) in [6.07, 6.45) is 10.7. The summed E-state index contributed by atoms with van der Waals surface area (Å²) >= 11 is 1.95. The lowest BCUT2D eigenvalue weighted by Crippen LogP contribution is -2.37. The number of benzene rings is 2. The normalized spacial score (nSPS) is 24.5. The van der Waals surface area contributed by atoms with Crippen LogP contribution in [0.15, 0.2) is 48.5 Å². The molecule has 0 saturated heterocycles. The van der Waals surface area contributed by atoms with Crippen LogP contribution in [0.25, 0.3) is 0 Å². The number of nitrogens with one attached hydrogen (secondary N) is 1. The quantitative estimate of drug-likeness (QED) is 0.547. The SMILES string of the molecule is CSC(C)CCN[C@H]1CC[C@H](Oc2ccc3c(c2)CCC(c2ccccc2)O3)CC1. The highest BCUT2D eigenvalue weighted by Crippen LogP contribution is 2.37. The first kappa shape index (κ1) is 21.6. The molecule has 1 saturated carbocycles. The first-order valence-corrected chi connectivity index (χ1v) is 12.8. The largest absolute Gasteiger partial charge is 0.490 e. The Hall–Kier alpha value is -1.65. The third kappa shape index (κ3) is 5.73. The summed E-state index contributed by atoms with van der Waals surface area (Å²) in [6, 6.07) is 17.6. The zero-order valence-electron chi connectivity index (χ0n) is 18.3. The van der Waals surface area contributed by atoms with Crippen LogP contribution >= 0.6 is 11.8 Å². The van der Waals surface area contributed by atoms with Crippen molar-refractivity contribution in [2.24, 2.45) is 0 Å². The van der Waals surface area contributed by atoms with E-state index < -0.39 is 0 Å². The van der Waals surface area contributed by atoms with Gasteiger partial charge in [-0.3, -0.25) is 0 Å². The molecule has 2 aromatic rings. The van der Waals surface area contributed by atoms with E-state index in [2.05, 4.69) is 67.0 Å². The van der Waals surface area contributed by atoms with Crippen LogP contribution in [-0.4, -0.2) is 30.2 Å². The molecule has 0 spiro atoms. The molecule has 2 unspecified atom stereocenters. The van der Waals surface area contributed by atoms with E-state index in [1.807, 2.05) is 11.8 Å². The van der Waals surface area contributed by atoms with Crippen molar-refractivity contribution >= 4 is 11.8 Å². The van der Waals surface area contributed by atoms with E-state index >= 15 is 0 Å². The van der Waals surface area contributed by atoms with E-state index in [-0.39, 0.29) is 6.10 Å². The van der Waals surface area contributed by atoms with Crippen LogP contribution < -0.4 is 14.8 Å². The van der Waals surface area contributed by atoms with Gasteiger partial charge in [-0.25, -0.2) is 0 Å². The summed E-state index contributed by atoms with van der Waals surface area (Å²) in [5.74, 6) is 2.01. The summed E-state index contributed by atoms with van der Waals surface area (Å²) in [5.41, 5.74) is 2.54. The van der Waals surface area contributed by atoms with Crippen LogP contribution in [0.2, 0.25) is 0 Å². The molecule has 1 N–H and O–H groups in total. The van der Waals surface area contributed by atoms with E-state index in [4.69, 9.17) is 9.47 Å². The maximum atomic E-state index is 6.35. The zero-order valence-corrected chi connectivity index (χ0v) is 19.1. The average Bonchev–Trinajstić information content (AvgIpc) is 2.80. The van der Waals surface area contributed by atoms with Gasteiger partial charge in [0.25, 0.3) is 0 Å². The van der Waals surface area contributed by atoms with Crippen molar-refractivity contribution in [3.63, 3.8) is 0 Å². The van der Waals surface area contributed by atoms with Gasteiger partial charge in [-0.2, -0.15) is 11.8 Å². The fourth-order valence-corrected chi connectivity index (χ4v) is 4.88. The number of thioether (sulfide) groups is 1. The molecular weight excluding hydrogens is 390 g/mol. The van der Waals surface area contributed by atoms with Crippen molar-refractivity contribution in [1.82, 2.24) is 5.32 Å². The minimum Gasteiger partial charge on any atom is -0.490 e. The Labute approximate surface area is 185 Å². The second kappa shape index (κ2) is 10.6. The molecule has 0 amide bonds.